The molecule has 0 spiro atoms. The zero-order valence-corrected chi connectivity index (χ0v) is 28.6. The summed E-state index contributed by atoms with van der Waals surface area (Å²) >= 11 is 0. The molecule has 0 N–H and O–H groups in total. The lowest BCUT2D eigenvalue weighted by Crippen LogP contribution is -1.93. The van der Waals surface area contributed by atoms with Crippen molar-refractivity contribution in [2.24, 2.45) is 0 Å². The van der Waals surface area contributed by atoms with E-state index in [4.69, 9.17) is 0 Å². The topological polar surface area (TPSA) is 0 Å². The Bertz CT molecular complexity index is 2900. The molecule has 0 fully saturated rings. The second-order valence-corrected chi connectivity index (χ2v) is 13.6. The number of hydrogen-bond donors (Lipinski definition) is 0. The predicted molar refractivity (Wildman–Crippen MR) is 224 cm³/mol. The fourth-order valence-electron chi connectivity index (χ4n) is 8.24. The van der Waals surface area contributed by atoms with Crippen LogP contribution in [0.4, 0.5) is 0 Å². The summed E-state index contributed by atoms with van der Waals surface area (Å²) in [5.74, 6) is 0. The minimum Gasteiger partial charge on any atom is -0.0616 e. The Balaban J connectivity index is 1.17. The van der Waals surface area contributed by atoms with E-state index < -0.39 is 0 Å². The van der Waals surface area contributed by atoms with Gasteiger partial charge in [-0.05, 0) is 117 Å². The number of rotatable bonds is 5. The van der Waals surface area contributed by atoms with E-state index in [2.05, 4.69) is 206 Å². The van der Waals surface area contributed by atoms with Crippen molar-refractivity contribution in [3.05, 3.63) is 206 Å². The third-order valence-electron chi connectivity index (χ3n) is 10.6. The minimum absolute atomic E-state index is 1.21. The maximum absolute atomic E-state index is 2.37. The van der Waals surface area contributed by atoms with E-state index >= 15 is 0 Å². The molecule has 0 aliphatic carbocycles. The van der Waals surface area contributed by atoms with Gasteiger partial charge in [0.2, 0.25) is 0 Å². The van der Waals surface area contributed by atoms with Crippen LogP contribution in [0.3, 0.4) is 0 Å². The summed E-state index contributed by atoms with van der Waals surface area (Å²) in [6.45, 7) is 0. The van der Waals surface area contributed by atoms with Gasteiger partial charge in [-0.3, -0.25) is 0 Å². The monoisotopic (exact) mass is 658 g/mol. The van der Waals surface area contributed by atoms with Gasteiger partial charge < -0.3 is 0 Å². The highest BCUT2D eigenvalue weighted by Gasteiger charge is 2.19. The summed E-state index contributed by atoms with van der Waals surface area (Å²) in [4.78, 5) is 0. The van der Waals surface area contributed by atoms with Gasteiger partial charge in [0.1, 0.15) is 0 Å². The smallest absolute Gasteiger partial charge is 0.00201 e. The van der Waals surface area contributed by atoms with Crippen molar-refractivity contribution < 1.29 is 0 Å². The summed E-state index contributed by atoms with van der Waals surface area (Å²) in [6.07, 6.45) is 0. The molecule has 0 amide bonds. The molecule has 0 aromatic heterocycles. The molecular weight excluding hydrogens is 625 g/mol. The van der Waals surface area contributed by atoms with Gasteiger partial charge in [0.05, 0.1) is 0 Å². The van der Waals surface area contributed by atoms with Gasteiger partial charge in [0.15, 0.2) is 0 Å². The van der Waals surface area contributed by atoms with Crippen molar-refractivity contribution in [3.63, 3.8) is 0 Å². The Kier molecular flexibility index (Phi) is 7.25. The number of hydrogen-bond acceptors (Lipinski definition) is 0. The van der Waals surface area contributed by atoms with Crippen molar-refractivity contribution in [3.8, 4) is 55.6 Å². The molecule has 52 heavy (non-hydrogen) atoms. The molecule has 10 aromatic carbocycles. The summed E-state index contributed by atoms with van der Waals surface area (Å²) in [6, 6.07) is 75.6. The van der Waals surface area contributed by atoms with Crippen molar-refractivity contribution in [1.82, 2.24) is 0 Å². The molecule has 0 heteroatoms. The highest BCUT2D eigenvalue weighted by atomic mass is 14.2. The molecule has 10 rings (SSSR count). The van der Waals surface area contributed by atoms with Crippen molar-refractivity contribution in [2.75, 3.05) is 0 Å². The fraction of sp³-hybridized carbons (Fsp3) is 0. The van der Waals surface area contributed by atoms with Crippen LogP contribution in [0, 0.1) is 0 Å². The van der Waals surface area contributed by atoms with Crippen LogP contribution in [0.2, 0.25) is 0 Å². The van der Waals surface area contributed by atoms with Crippen LogP contribution in [0.25, 0.3) is 98.7 Å². The highest BCUT2D eigenvalue weighted by Crippen LogP contribution is 2.47. The Morgan fingerprint density at radius 3 is 1.37 bits per heavy atom. The summed E-state index contributed by atoms with van der Waals surface area (Å²) in [7, 11) is 0. The van der Waals surface area contributed by atoms with Crippen molar-refractivity contribution in [2.45, 2.75) is 0 Å². The van der Waals surface area contributed by atoms with Crippen molar-refractivity contribution in [1.29, 1.82) is 0 Å². The van der Waals surface area contributed by atoms with E-state index in [-0.39, 0.29) is 0 Å². The number of fused-ring (bicyclic) bond motifs is 4. The van der Waals surface area contributed by atoms with Gasteiger partial charge in [-0.1, -0.05) is 188 Å². The van der Waals surface area contributed by atoms with E-state index in [1.54, 1.807) is 0 Å². The lowest BCUT2D eigenvalue weighted by atomic mass is 9.83. The van der Waals surface area contributed by atoms with Gasteiger partial charge in [-0.25, -0.2) is 0 Å². The van der Waals surface area contributed by atoms with Gasteiger partial charge in [-0.15, -0.1) is 0 Å². The van der Waals surface area contributed by atoms with E-state index in [1.165, 1.54) is 98.7 Å². The van der Waals surface area contributed by atoms with Crippen molar-refractivity contribution >= 4 is 43.1 Å². The van der Waals surface area contributed by atoms with Gasteiger partial charge in [-0.2, -0.15) is 0 Å². The Hall–Kier alpha value is -6.76. The van der Waals surface area contributed by atoms with Gasteiger partial charge in [0, 0.05) is 0 Å². The first kappa shape index (κ1) is 30.1. The van der Waals surface area contributed by atoms with E-state index in [0.717, 1.165) is 0 Å². The van der Waals surface area contributed by atoms with Crippen LogP contribution in [0.5, 0.6) is 0 Å². The maximum atomic E-state index is 2.37. The molecule has 0 radical (unpaired) electrons. The minimum atomic E-state index is 1.21. The highest BCUT2D eigenvalue weighted by molar-refractivity contribution is 6.22. The van der Waals surface area contributed by atoms with E-state index in [1.807, 2.05) is 0 Å². The average Bonchev–Trinajstić information content (AvgIpc) is 3.22. The quantitative estimate of drug-likeness (QED) is 0.161. The Morgan fingerprint density at radius 2 is 0.635 bits per heavy atom. The van der Waals surface area contributed by atoms with Crippen LogP contribution in [-0.4, -0.2) is 0 Å². The predicted octanol–water partition coefficient (Wildman–Crippen LogP) is 14.6. The fourth-order valence-corrected chi connectivity index (χ4v) is 8.24. The molecule has 0 nitrogen and oxygen atoms in total. The molecular formula is C52H34. The zero-order valence-electron chi connectivity index (χ0n) is 28.6. The largest absolute Gasteiger partial charge is 0.0616 e. The second-order valence-electron chi connectivity index (χ2n) is 13.6. The first-order chi connectivity index (χ1) is 25.8. The van der Waals surface area contributed by atoms with Crippen LogP contribution in [0.15, 0.2) is 206 Å². The molecule has 242 valence electrons. The van der Waals surface area contributed by atoms with Crippen LogP contribution in [-0.2, 0) is 0 Å². The number of benzene rings is 10. The summed E-state index contributed by atoms with van der Waals surface area (Å²) < 4.78 is 0. The molecule has 10 aromatic rings. The summed E-state index contributed by atoms with van der Waals surface area (Å²) in [5, 5.41) is 10.1. The third-order valence-corrected chi connectivity index (χ3v) is 10.6. The molecule has 0 saturated heterocycles. The second kappa shape index (κ2) is 12.5. The Morgan fingerprint density at radius 1 is 0.192 bits per heavy atom. The lowest BCUT2D eigenvalue weighted by molar-refractivity contribution is 1.59. The first-order valence-electron chi connectivity index (χ1n) is 18.0. The average molecular weight is 659 g/mol. The maximum Gasteiger partial charge on any atom is -0.00201 e. The van der Waals surface area contributed by atoms with E-state index in [0.29, 0.717) is 0 Å². The van der Waals surface area contributed by atoms with Crippen LogP contribution in [0.1, 0.15) is 0 Å². The van der Waals surface area contributed by atoms with E-state index in [9.17, 15) is 0 Å². The normalized spacial score (nSPS) is 11.5. The van der Waals surface area contributed by atoms with Gasteiger partial charge >= 0.3 is 0 Å². The van der Waals surface area contributed by atoms with Crippen LogP contribution >= 0.6 is 0 Å². The Labute approximate surface area is 303 Å². The van der Waals surface area contributed by atoms with Gasteiger partial charge in [0.25, 0.3) is 0 Å². The molecule has 0 saturated carbocycles. The molecule has 0 bridgehead atoms. The molecule has 0 aliphatic heterocycles. The first-order valence-corrected chi connectivity index (χ1v) is 18.0. The molecule has 0 aliphatic rings. The standard InChI is InChI=1S/C52H34/c1-2-16-37-32-39(31-30-35(37)14-1)38-18-11-21-42(33-38)51-47-25-7-9-27-49(47)52(50-28-10-8-26-48(50)51)46-24-6-5-23-45(46)41-20-12-19-40(34-41)44-29-13-17-36-15-3-4-22-43(36)44/h1-34H. The zero-order chi connectivity index (χ0) is 34.4. The summed E-state index contributed by atoms with van der Waals surface area (Å²) in [5.41, 5.74) is 12.4. The molecule has 0 atom stereocenters. The van der Waals surface area contributed by atoms with Crippen LogP contribution < -0.4 is 0 Å². The lowest BCUT2D eigenvalue weighted by Gasteiger charge is -2.20. The molecule has 0 heterocycles. The third kappa shape index (κ3) is 5.08. The molecule has 0 unspecified atom stereocenters. The SMILES string of the molecule is c1cc(-c2ccccc2-c2c3ccccc3c(-c3cccc(-c4ccc5ccccc5c4)c3)c3ccccc23)cc(-c2cccc3ccccc23)c1.